The van der Waals surface area contributed by atoms with E-state index in [0.29, 0.717) is 0 Å². The average molecular weight is 213 g/mol. The number of nitrogens with zero attached hydrogens (tertiary/aromatic N) is 2. The molecule has 3 nitrogen and oxygen atoms in total. The van der Waals surface area contributed by atoms with Crippen molar-refractivity contribution in [3.8, 4) is 0 Å². The number of aryl methyl sites for hydroxylation is 2. The van der Waals surface area contributed by atoms with Crippen molar-refractivity contribution in [1.82, 2.24) is 9.97 Å². The summed E-state index contributed by atoms with van der Waals surface area (Å²) in [5, 5.41) is 3.32. The van der Waals surface area contributed by atoms with Gasteiger partial charge in [-0.05, 0) is 42.7 Å². The Morgan fingerprint density at radius 3 is 2.75 bits per heavy atom. The molecule has 0 unspecified atom stereocenters. The molecule has 0 atom stereocenters. The third kappa shape index (κ3) is 2.37. The third-order valence-electron chi connectivity index (χ3n) is 2.60. The van der Waals surface area contributed by atoms with Gasteiger partial charge in [0.15, 0.2) is 0 Å². The van der Waals surface area contributed by atoms with E-state index in [1.165, 1.54) is 11.1 Å². The molecule has 2 aromatic rings. The van der Waals surface area contributed by atoms with E-state index >= 15 is 0 Å². The molecule has 0 amide bonds. The fourth-order valence-electron chi connectivity index (χ4n) is 1.53. The summed E-state index contributed by atoms with van der Waals surface area (Å²) in [6.07, 6.45) is 5.50. The van der Waals surface area contributed by atoms with Crippen LogP contribution in [0.5, 0.6) is 0 Å². The van der Waals surface area contributed by atoms with Crippen LogP contribution in [0, 0.1) is 13.8 Å². The molecule has 2 heterocycles. The highest BCUT2D eigenvalue weighted by Gasteiger charge is 2.00. The van der Waals surface area contributed by atoms with E-state index in [1.54, 1.807) is 6.20 Å². The number of anilines is 1. The number of hydrogen-bond acceptors (Lipinski definition) is 3. The second-order valence-electron chi connectivity index (χ2n) is 3.82. The lowest BCUT2D eigenvalue weighted by Gasteiger charge is -2.09. The Hall–Kier alpha value is -1.90. The molecular formula is C13H15N3. The van der Waals surface area contributed by atoms with Crippen molar-refractivity contribution in [2.75, 3.05) is 5.32 Å². The smallest absolute Gasteiger partial charge is 0.129 e. The van der Waals surface area contributed by atoms with Crippen LogP contribution in [0.2, 0.25) is 0 Å². The maximum atomic E-state index is 4.29. The summed E-state index contributed by atoms with van der Waals surface area (Å²) in [6, 6.07) is 6.00. The zero-order valence-electron chi connectivity index (χ0n) is 9.57. The molecule has 0 aliphatic rings. The zero-order chi connectivity index (χ0) is 11.4. The van der Waals surface area contributed by atoms with Crippen molar-refractivity contribution in [3.63, 3.8) is 0 Å². The van der Waals surface area contributed by atoms with Crippen molar-refractivity contribution in [3.05, 3.63) is 53.5 Å². The molecule has 0 radical (unpaired) electrons. The van der Waals surface area contributed by atoms with Gasteiger partial charge in [-0.15, -0.1) is 0 Å². The van der Waals surface area contributed by atoms with Crippen molar-refractivity contribution in [1.29, 1.82) is 0 Å². The molecule has 0 bridgehead atoms. The van der Waals surface area contributed by atoms with Crippen molar-refractivity contribution >= 4 is 5.82 Å². The Kier molecular flexibility index (Phi) is 3.15. The molecule has 0 saturated carbocycles. The summed E-state index contributed by atoms with van der Waals surface area (Å²) in [5.41, 5.74) is 3.60. The first-order valence-electron chi connectivity index (χ1n) is 5.32. The second-order valence-corrected chi connectivity index (χ2v) is 3.82. The van der Waals surface area contributed by atoms with Crippen LogP contribution in [-0.2, 0) is 6.54 Å². The lowest BCUT2D eigenvalue weighted by Crippen LogP contribution is -2.04. The molecule has 3 heteroatoms. The number of rotatable bonds is 3. The number of aromatic nitrogens is 2. The highest BCUT2D eigenvalue weighted by molar-refractivity contribution is 5.43. The maximum absolute atomic E-state index is 4.29. The monoisotopic (exact) mass is 213 g/mol. The van der Waals surface area contributed by atoms with Crippen molar-refractivity contribution in [2.45, 2.75) is 20.4 Å². The van der Waals surface area contributed by atoms with Gasteiger partial charge in [0.1, 0.15) is 5.82 Å². The number of hydrogen-bond donors (Lipinski definition) is 1. The van der Waals surface area contributed by atoms with Crippen LogP contribution in [0.4, 0.5) is 5.82 Å². The average Bonchev–Trinajstić information content (AvgIpc) is 2.30. The topological polar surface area (TPSA) is 37.8 Å². The lowest BCUT2D eigenvalue weighted by molar-refractivity contribution is 1.05. The standard InChI is InChI=1S/C13H15N3/c1-10-5-7-14-8-12(10)9-16-13-11(2)4-3-6-15-13/h3-8H,9H2,1-2H3,(H,15,16). The molecule has 2 aromatic heterocycles. The van der Waals surface area contributed by atoms with Crippen LogP contribution in [0.25, 0.3) is 0 Å². The van der Waals surface area contributed by atoms with Gasteiger partial charge in [0.25, 0.3) is 0 Å². The van der Waals surface area contributed by atoms with E-state index < -0.39 is 0 Å². The molecule has 2 rings (SSSR count). The minimum Gasteiger partial charge on any atom is -0.366 e. The largest absolute Gasteiger partial charge is 0.366 e. The highest BCUT2D eigenvalue weighted by atomic mass is 15.0. The first-order valence-corrected chi connectivity index (χ1v) is 5.32. The normalized spacial score (nSPS) is 10.1. The van der Waals surface area contributed by atoms with Gasteiger partial charge in [-0.3, -0.25) is 4.98 Å². The molecular weight excluding hydrogens is 198 g/mol. The fourth-order valence-corrected chi connectivity index (χ4v) is 1.53. The van der Waals surface area contributed by atoms with Gasteiger partial charge in [0.2, 0.25) is 0 Å². The number of nitrogens with one attached hydrogen (secondary N) is 1. The first-order chi connectivity index (χ1) is 7.77. The second kappa shape index (κ2) is 4.75. The predicted octanol–water partition coefficient (Wildman–Crippen LogP) is 2.71. The van der Waals surface area contributed by atoms with Gasteiger partial charge >= 0.3 is 0 Å². The van der Waals surface area contributed by atoms with Gasteiger partial charge in [0.05, 0.1) is 0 Å². The molecule has 0 saturated heterocycles. The Labute approximate surface area is 95.6 Å². The molecule has 82 valence electrons. The summed E-state index contributed by atoms with van der Waals surface area (Å²) in [5.74, 6) is 0.936. The Morgan fingerprint density at radius 2 is 2.00 bits per heavy atom. The predicted molar refractivity (Wildman–Crippen MR) is 65.3 cm³/mol. The molecule has 0 aliphatic heterocycles. The molecule has 0 aliphatic carbocycles. The van der Waals surface area contributed by atoms with Gasteiger partial charge in [-0.1, -0.05) is 6.07 Å². The summed E-state index contributed by atoms with van der Waals surface area (Å²) in [4.78, 5) is 8.41. The van der Waals surface area contributed by atoms with Gasteiger partial charge in [-0.25, -0.2) is 4.98 Å². The van der Waals surface area contributed by atoms with E-state index in [9.17, 15) is 0 Å². The lowest BCUT2D eigenvalue weighted by atomic mass is 10.1. The van der Waals surface area contributed by atoms with Crippen LogP contribution in [-0.4, -0.2) is 9.97 Å². The SMILES string of the molecule is Cc1ccncc1CNc1ncccc1C. The minimum absolute atomic E-state index is 0.761. The van der Waals surface area contributed by atoms with Crippen LogP contribution < -0.4 is 5.32 Å². The summed E-state index contributed by atoms with van der Waals surface area (Å²) in [6.45, 7) is 4.90. The van der Waals surface area contributed by atoms with Gasteiger partial charge < -0.3 is 5.32 Å². The van der Waals surface area contributed by atoms with E-state index in [0.717, 1.165) is 17.9 Å². The van der Waals surface area contributed by atoms with Crippen LogP contribution in [0.15, 0.2) is 36.8 Å². The Bertz CT molecular complexity index is 435. The summed E-state index contributed by atoms with van der Waals surface area (Å²) < 4.78 is 0. The Balaban J connectivity index is 2.09. The summed E-state index contributed by atoms with van der Waals surface area (Å²) in [7, 11) is 0. The van der Waals surface area contributed by atoms with Gasteiger partial charge in [-0.2, -0.15) is 0 Å². The number of pyridine rings is 2. The minimum atomic E-state index is 0.761. The molecule has 16 heavy (non-hydrogen) atoms. The van der Waals surface area contributed by atoms with E-state index in [2.05, 4.69) is 22.2 Å². The highest BCUT2D eigenvalue weighted by Crippen LogP contribution is 2.12. The third-order valence-corrected chi connectivity index (χ3v) is 2.60. The maximum Gasteiger partial charge on any atom is 0.129 e. The summed E-state index contributed by atoms with van der Waals surface area (Å²) >= 11 is 0. The fraction of sp³-hybridized carbons (Fsp3) is 0.231. The zero-order valence-corrected chi connectivity index (χ0v) is 9.57. The molecule has 1 N–H and O–H groups in total. The molecule has 0 spiro atoms. The van der Waals surface area contributed by atoms with Crippen LogP contribution >= 0.6 is 0 Å². The van der Waals surface area contributed by atoms with Gasteiger partial charge in [0, 0.05) is 25.1 Å². The molecule has 0 aromatic carbocycles. The first kappa shape index (κ1) is 10.6. The quantitative estimate of drug-likeness (QED) is 0.851. The van der Waals surface area contributed by atoms with Crippen LogP contribution in [0.3, 0.4) is 0 Å². The van der Waals surface area contributed by atoms with E-state index in [4.69, 9.17) is 0 Å². The van der Waals surface area contributed by atoms with Crippen molar-refractivity contribution < 1.29 is 0 Å². The van der Waals surface area contributed by atoms with E-state index in [-0.39, 0.29) is 0 Å². The van der Waals surface area contributed by atoms with Crippen LogP contribution in [0.1, 0.15) is 16.7 Å². The molecule has 0 fully saturated rings. The van der Waals surface area contributed by atoms with Crippen molar-refractivity contribution in [2.24, 2.45) is 0 Å². The Morgan fingerprint density at radius 1 is 1.12 bits per heavy atom. The van der Waals surface area contributed by atoms with E-state index in [1.807, 2.05) is 37.5 Å².